The molecule has 0 heterocycles. The maximum Gasteiger partial charge on any atom is 0.314 e. The van der Waals surface area contributed by atoms with E-state index in [2.05, 4.69) is 10.6 Å². The zero-order chi connectivity index (χ0) is 13.8. The molecule has 1 fully saturated rings. The summed E-state index contributed by atoms with van der Waals surface area (Å²) < 4.78 is 0. The second kappa shape index (κ2) is 5.89. The van der Waals surface area contributed by atoms with E-state index >= 15 is 0 Å². The Bertz CT molecular complexity index is 286. The molecule has 0 aromatic rings. The second-order valence-electron chi connectivity index (χ2n) is 6.33. The number of hydrogen-bond acceptors (Lipinski definition) is 3. The number of amides is 2. The predicted octanol–water partition coefficient (Wildman–Crippen LogP) is 0.998. The zero-order valence-corrected chi connectivity index (χ0v) is 11.6. The maximum atomic E-state index is 11.6. The third-order valence-electron chi connectivity index (χ3n) is 3.44. The highest BCUT2D eigenvalue weighted by Gasteiger charge is 2.34. The molecule has 0 aromatic carbocycles. The van der Waals surface area contributed by atoms with E-state index in [1.54, 1.807) is 6.92 Å². The van der Waals surface area contributed by atoms with Gasteiger partial charge in [0.2, 0.25) is 0 Å². The first-order valence-electron chi connectivity index (χ1n) is 6.65. The lowest BCUT2D eigenvalue weighted by Gasteiger charge is -2.36. The molecule has 1 rings (SSSR count). The van der Waals surface area contributed by atoms with Crippen LogP contribution in [-0.4, -0.2) is 41.0 Å². The average molecular weight is 258 g/mol. The van der Waals surface area contributed by atoms with Gasteiger partial charge in [-0.1, -0.05) is 13.8 Å². The van der Waals surface area contributed by atoms with Crippen molar-refractivity contribution in [1.82, 2.24) is 10.6 Å². The van der Waals surface area contributed by atoms with Gasteiger partial charge in [0.15, 0.2) is 0 Å². The van der Waals surface area contributed by atoms with Crippen molar-refractivity contribution in [2.24, 2.45) is 5.41 Å². The number of aliphatic hydroxyl groups is 2. The fraction of sp³-hybridized carbons (Fsp3) is 0.923. The van der Waals surface area contributed by atoms with Crippen molar-refractivity contribution in [2.75, 3.05) is 13.1 Å². The van der Waals surface area contributed by atoms with Crippen LogP contribution in [0.2, 0.25) is 0 Å². The number of hydrogen-bond donors (Lipinski definition) is 4. The van der Waals surface area contributed by atoms with Crippen LogP contribution in [0.3, 0.4) is 0 Å². The number of urea groups is 1. The monoisotopic (exact) mass is 258 g/mol. The van der Waals surface area contributed by atoms with E-state index in [0.717, 1.165) is 19.3 Å². The van der Waals surface area contributed by atoms with Crippen LogP contribution in [0, 0.1) is 5.41 Å². The van der Waals surface area contributed by atoms with Crippen LogP contribution >= 0.6 is 0 Å². The molecule has 1 atom stereocenters. The Morgan fingerprint density at radius 1 is 1.39 bits per heavy atom. The molecule has 0 radical (unpaired) electrons. The van der Waals surface area contributed by atoms with Crippen molar-refractivity contribution in [1.29, 1.82) is 0 Å². The molecule has 0 spiro atoms. The standard InChI is InChI=1S/C13H26N2O3/c1-10(16)7-12(2,3)8-14-11(17)15-9-13(18)5-4-6-13/h10,16,18H,4-9H2,1-3H3,(H2,14,15,17). The van der Waals surface area contributed by atoms with Crippen LogP contribution in [0.4, 0.5) is 4.79 Å². The normalized spacial score (nSPS) is 19.8. The summed E-state index contributed by atoms with van der Waals surface area (Å²) in [4.78, 5) is 11.6. The molecule has 1 unspecified atom stereocenters. The van der Waals surface area contributed by atoms with E-state index in [0.29, 0.717) is 19.5 Å². The summed E-state index contributed by atoms with van der Waals surface area (Å²) in [6.45, 7) is 6.56. The van der Waals surface area contributed by atoms with Crippen LogP contribution in [0.5, 0.6) is 0 Å². The topological polar surface area (TPSA) is 81.6 Å². The predicted molar refractivity (Wildman–Crippen MR) is 70.3 cm³/mol. The number of carbonyl (C=O) groups excluding carboxylic acids is 1. The van der Waals surface area contributed by atoms with E-state index in [1.807, 2.05) is 13.8 Å². The average Bonchev–Trinajstić information content (AvgIpc) is 2.19. The SMILES string of the molecule is CC(O)CC(C)(C)CNC(=O)NCC1(O)CCC1. The number of aliphatic hydroxyl groups excluding tert-OH is 1. The van der Waals surface area contributed by atoms with Gasteiger partial charge >= 0.3 is 6.03 Å². The van der Waals surface area contributed by atoms with Crippen LogP contribution in [0.1, 0.15) is 46.5 Å². The molecule has 0 aliphatic heterocycles. The van der Waals surface area contributed by atoms with Gasteiger partial charge in [-0.15, -0.1) is 0 Å². The third kappa shape index (κ3) is 5.23. The van der Waals surface area contributed by atoms with Gasteiger partial charge in [0.05, 0.1) is 11.7 Å². The lowest BCUT2D eigenvalue weighted by Crippen LogP contribution is -2.51. The highest BCUT2D eigenvalue weighted by atomic mass is 16.3. The Labute approximate surface area is 109 Å². The summed E-state index contributed by atoms with van der Waals surface area (Å²) in [5.74, 6) is 0. The molecule has 106 valence electrons. The van der Waals surface area contributed by atoms with Gasteiger partial charge in [0, 0.05) is 13.1 Å². The van der Waals surface area contributed by atoms with Gasteiger partial charge in [-0.2, -0.15) is 0 Å². The minimum Gasteiger partial charge on any atom is -0.393 e. The molecule has 18 heavy (non-hydrogen) atoms. The Balaban J connectivity index is 2.20. The van der Waals surface area contributed by atoms with Gasteiger partial charge < -0.3 is 20.8 Å². The summed E-state index contributed by atoms with van der Waals surface area (Å²) in [5.41, 5.74) is -0.828. The van der Waals surface area contributed by atoms with Crippen molar-refractivity contribution in [3.05, 3.63) is 0 Å². The van der Waals surface area contributed by atoms with Crippen molar-refractivity contribution < 1.29 is 15.0 Å². The number of nitrogens with one attached hydrogen (secondary N) is 2. The highest BCUT2D eigenvalue weighted by Crippen LogP contribution is 2.30. The molecule has 1 aliphatic rings. The summed E-state index contributed by atoms with van der Waals surface area (Å²) in [6.07, 6.45) is 2.82. The molecule has 0 bridgehead atoms. The van der Waals surface area contributed by atoms with Crippen LogP contribution in [-0.2, 0) is 0 Å². The number of carbonyl (C=O) groups is 1. The molecule has 0 saturated heterocycles. The Morgan fingerprint density at radius 3 is 2.44 bits per heavy atom. The first-order chi connectivity index (χ1) is 8.22. The van der Waals surface area contributed by atoms with E-state index < -0.39 is 5.60 Å². The summed E-state index contributed by atoms with van der Waals surface area (Å²) in [5, 5.41) is 24.6. The molecule has 5 nitrogen and oxygen atoms in total. The summed E-state index contributed by atoms with van der Waals surface area (Å²) in [6, 6.07) is -0.256. The Hall–Kier alpha value is -0.810. The van der Waals surface area contributed by atoms with E-state index in [9.17, 15) is 15.0 Å². The fourth-order valence-electron chi connectivity index (χ4n) is 2.26. The lowest BCUT2D eigenvalue weighted by atomic mass is 9.80. The first kappa shape index (κ1) is 15.2. The smallest absolute Gasteiger partial charge is 0.314 e. The van der Waals surface area contributed by atoms with Gasteiger partial charge in [-0.05, 0) is 38.0 Å². The molecule has 0 aromatic heterocycles. The van der Waals surface area contributed by atoms with Crippen molar-refractivity contribution >= 4 is 6.03 Å². The van der Waals surface area contributed by atoms with E-state index in [1.165, 1.54) is 0 Å². The van der Waals surface area contributed by atoms with Gasteiger partial charge in [-0.3, -0.25) is 0 Å². The van der Waals surface area contributed by atoms with E-state index in [-0.39, 0.29) is 17.6 Å². The zero-order valence-electron chi connectivity index (χ0n) is 11.6. The number of rotatable bonds is 6. The van der Waals surface area contributed by atoms with Gasteiger partial charge in [0.1, 0.15) is 0 Å². The Kier molecular flexibility index (Phi) is 4.99. The van der Waals surface area contributed by atoms with Crippen LogP contribution in [0.25, 0.3) is 0 Å². The lowest BCUT2D eigenvalue weighted by molar-refractivity contribution is -0.0290. The fourth-order valence-corrected chi connectivity index (χ4v) is 2.26. The molecular formula is C13H26N2O3. The van der Waals surface area contributed by atoms with Crippen molar-refractivity contribution in [3.63, 3.8) is 0 Å². The minimum atomic E-state index is -0.688. The van der Waals surface area contributed by atoms with Crippen LogP contribution < -0.4 is 10.6 Å². The second-order valence-corrected chi connectivity index (χ2v) is 6.33. The van der Waals surface area contributed by atoms with Crippen molar-refractivity contribution in [2.45, 2.75) is 58.2 Å². The molecular weight excluding hydrogens is 232 g/mol. The van der Waals surface area contributed by atoms with Crippen molar-refractivity contribution in [3.8, 4) is 0 Å². The Morgan fingerprint density at radius 2 is 2.00 bits per heavy atom. The highest BCUT2D eigenvalue weighted by molar-refractivity contribution is 5.73. The molecule has 4 N–H and O–H groups in total. The van der Waals surface area contributed by atoms with Gasteiger partial charge in [0.25, 0.3) is 0 Å². The van der Waals surface area contributed by atoms with E-state index in [4.69, 9.17) is 0 Å². The van der Waals surface area contributed by atoms with Crippen LogP contribution in [0.15, 0.2) is 0 Å². The molecule has 1 aliphatic carbocycles. The quantitative estimate of drug-likeness (QED) is 0.573. The minimum absolute atomic E-state index is 0.140. The third-order valence-corrected chi connectivity index (χ3v) is 3.44. The molecule has 2 amide bonds. The first-order valence-corrected chi connectivity index (χ1v) is 6.65. The summed E-state index contributed by atoms with van der Waals surface area (Å²) >= 11 is 0. The van der Waals surface area contributed by atoms with Gasteiger partial charge in [-0.25, -0.2) is 4.79 Å². The largest absolute Gasteiger partial charge is 0.393 e. The summed E-state index contributed by atoms with van der Waals surface area (Å²) in [7, 11) is 0. The molecule has 1 saturated carbocycles. The molecule has 5 heteroatoms. The maximum absolute atomic E-state index is 11.6.